The molecule has 3 aromatic rings. The van der Waals surface area contributed by atoms with Gasteiger partial charge in [0.1, 0.15) is 6.04 Å². The van der Waals surface area contributed by atoms with E-state index in [9.17, 15) is 13.2 Å². The monoisotopic (exact) mass is 408 g/mol. The summed E-state index contributed by atoms with van der Waals surface area (Å²) in [5, 5.41) is 10.0. The van der Waals surface area contributed by atoms with Crippen LogP contribution in [0.5, 0.6) is 0 Å². The van der Waals surface area contributed by atoms with Crippen LogP contribution in [-0.2, 0) is 26.1 Å². The largest absolute Gasteiger partial charge is 0.374 e. The number of rotatable bonds is 4. The van der Waals surface area contributed by atoms with E-state index in [2.05, 4.69) is 15.5 Å². The van der Waals surface area contributed by atoms with Crippen molar-refractivity contribution in [2.45, 2.75) is 24.0 Å². The fourth-order valence-electron chi connectivity index (χ4n) is 4.03. The van der Waals surface area contributed by atoms with E-state index >= 15 is 0 Å². The highest BCUT2D eigenvalue weighted by atomic mass is 32.2. The van der Waals surface area contributed by atoms with Crippen LogP contribution in [0.3, 0.4) is 0 Å². The standard InChI is InChI=1S/C21H20N4O3S/c26-21-20(24-18-4-1-15-12-29(27,28)13-16(15)9-18)7-8-25(21)19-5-2-14(3-6-19)17-10-22-23-11-17/h1-6,9-11,20,24H,7-8,12-13H2,(H,22,23)/t20-/m1/s1. The molecule has 1 aromatic heterocycles. The van der Waals surface area contributed by atoms with Crippen molar-refractivity contribution in [1.29, 1.82) is 0 Å². The maximum atomic E-state index is 12.9. The molecule has 8 heteroatoms. The molecular weight excluding hydrogens is 388 g/mol. The number of hydrogen-bond acceptors (Lipinski definition) is 5. The van der Waals surface area contributed by atoms with E-state index in [1.165, 1.54) is 0 Å². The predicted molar refractivity (Wildman–Crippen MR) is 111 cm³/mol. The average molecular weight is 408 g/mol. The normalized spacial score (nSPS) is 20.1. The number of sulfone groups is 1. The van der Waals surface area contributed by atoms with Crippen molar-refractivity contribution >= 4 is 27.1 Å². The van der Waals surface area contributed by atoms with Crippen molar-refractivity contribution in [2.75, 3.05) is 16.8 Å². The van der Waals surface area contributed by atoms with E-state index in [-0.39, 0.29) is 23.5 Å². The van der Waals surface area contributed by atoms with Crippen LogP contribution in [0.15, 0.2) is 54.9 Å². The molecule has 0 aliphatic carbocycles. The molecule has 0 bridgehead atoms. The third kappa shape index (κ3) is 3.40. The number of benzene rings is 2. The van der Waals surface area contributed by atoms with E-state index in [1.54, 1.807) is 11.1 Å². The van der Waals surface area contributed by atoms with Crippen LogP contribution >= 0.6 is 0 Å². The van der Waals surface area contributed by atoms with Crippen molar-refractivity contribution in [2.24, 2.45) is 0 Å². The van der Waals surface area contributed by atoms with Crippen molar-refractivity contribution < 1.29 is 13.2 Å². The lowest BCUT2D eigenvalue weighted by atomic mass is 10.1. The van der Waals surface area contributed by atoms with E-state index < -0.39 is 9.84 Å². The van der Waals surface area contributed by atoms with Gasteiger partial charge < -0.3 is 10.2 Å². The molecule has 2 aliphatic rings. The predicted octanol–water partition coefficient (Wildman–Crippen LogP) is 2.72. The van der Waals surface area contributed by atoms with Gasteiger partial charge >= 0.3 is 0 Å². The highest BCUT2D eigenvalue weighted by molar-refractivity contribution is 7.90. The smallest absolute Gasteiger partial charge is 0.249 e. The van der Waals surface area contributed by atoms with Gasteiger partial charge in [0.2, 0.25) is 5.91 Å². The summed E-state index contributed by atoms with van der Waals surface area (Å²) >= 11 is 0. The summed E-state index contributed by atoms with van der Waals surface area (Å²) in [6, 6.07) is 13.1. The Morgan fingerprint density at radius 2 is 1.83 bits per heavy atom. The fourth-order valence-corrected chi connectivity index (χ4v) is 5.63. The Labute approximate surface area is 168 Å². The minimum atomic E-state index is -3.03. The molecule has 1 saturated heterocycles. The molecule has 7 nitrogen and oxygen atoms in total. The van der Waals surface area contributed by atoms with Crippen molar-refractivity contribution in [3.8, 4) is 11.1 Å². The van der Waals surface area contributed by atoms with Gasteiger partial charge in [-0.1, -0.05) is 18.2 Å². The van der Waals surface area contributed by atoms with Crippen LogP contribution in [0.4, 0.5) is 11.4 Å². The number of hydrogen-bond donors (Lipinski definition) is 2. The molecule has 1 amide bonds. The molecule has 2 aromatic carbocycles. The lowest BCUT2D eigenvalue weighted by Crippen LogP contribution is -2.33. The number of aromatic nitrogens is 2. The number of carbonyl (C=O) groups is 1. The lowest BCUT2D eigenvalue weighted by molar-refractivity contribution is -0.117. The van der Waals surface area contributed by atoms with Crippen molar-refractivity contribution in [3.63, 3.8) is 0 Å². The second-order valence-corrected chi connectivity index (χ2v) is 9.59. The number of fused-ring (bicyclic) bond motifs is 1. The average Bonchev–Trinajstić information content (AvgIpc) is 3.41. The zero-order valence-corrected chi connectivity index (χ0v) is 16.4. The number of carbonyl (C=O) groups excluding carboxylic acids is 1. The number of nitrogens with one attached hydrogen (secondary N) is 2. The fraction of sp³-hybridized carbons (Fsp3) is 0.238. The molecule has 148 valence electrons. The molecule has 0 unspecified atom stereocenters. The first-order valence-corrected chi connectivity index (χ1v) is 11.3. The van der Waals surface area contributed by atoms with Gasteiger partial charge in [0.05, 0.1) is 17.7 Å². The summed E-state index contributed by atoms with van der Waals surface area (Å²) in [5.41, 5.74) is 5.38. The van der Waals surface area contributed by atoms with Gasteiger partial charge in [0.15, 0.2) is 9.84 Å². The molecule has 3 heterocycles. The summed E-state index contributed by atoms with van der Waals surface area (Å²) in [6.45, 7) is 0.640. The molecule has 0 radical (unpaired) electrons. The number of aromatic amines is 1. The van der Waals surface area contributed by atoms with Gasteiger partial charge in [0.25, 0.3) is 0 Å². The van der Waals surface area contributed by atoms with Crippen LogP contribution in [-0.4, -0.2) is 37.1 Å². The van der Waals surface area contributed by atoms with Gasteiger partial charge in [-0.15, -0.1) is 0 Å². The van der Waals surface area contributed by atoms with Crippen LogP contribution in [0.25, 0.3) is 11.1 Å². The minimum Gasteiger partial charge on any atom is -0.374 e. The molecule has 0 spiro atoms. The number of H-pyrrole nitrogens is 1. The van der Waals surface area contributed by atoms with Crippen LogP contribution in [0, 0.1) is 0 Å². The van der Waals surface area contributed by atoms with Gasteiger partial charge in [-0.2, -0.15) is 5.10 Å². The first kappa shape index (κ1) is 17.9. The maximum Gasteiger partial charge on any atom is 0.249 e. The number of nitrogens with zero attached hydrogens (tertiary/aromatic N) is 2. The quantitative estimate of drug-likeness (QED) is 0.692. The Morgan fingerprint density at radius 1 is 1.03 bits per heavy atom. The van der Waals surface area contributed by atoms with Gasteiger partial charge in [-0.05, 0) is 47.4 Å². The topological polar surface area (TPSA) is 95.2 Å². The van der Waals surface area contributed by atoms with Gasteiger partial charge in [0, 0.05) is 29.7 Å². The van der Waals surface area contributed by atoms with Crippen LogP contribution in [0.2, 0.25) is 0 Å². The minimum absolute atomic E-state index is 0.0224. The van der Waals surface area contributed by atoms with E-state index in [0.29, 0.717) is 13.0 Å². The third-order valence-corrected chi connectivity index (χ3v) is 7.02. The Bertz CT molecular complexity index is 1170. The third-order valence-electron chi connectivity index (χ3n) is 5.51. The molecule has 0 saturated carbocycles. The Kier molecular flexibility index (Phi) is 4.16. The molecule has 1 fully saturated rings. The molecule has 2 aliphatic heterocycles. The molecule has 1 atom stereocenters. The molecule has 5 rings (SSSR count). The summed E-state index contributed by atoms with van der Waals surface area (Å²) in [6.07, 6.45) is 4.29. The van der Waals surface area contributed by atoms with Crippen LogP contribution < -0.4 is 10.2 Å². The number of amides is 1. The molecular formula is C21H20N4O3S. The van der Waals surface area contributed by atoms with Gasteiger partial charge in [-0.3, -0.25) is 9.89 Å². The maximum absolute atomic E-state index is 12.9. The Balaban J connectivity index is 1.29. The first-order valence-electron chi connectivity index (χ1n) is 9.48. The number of anilines is 2. The molecule has 29 heavy (non-hydrogen) atoms. The summed E-state index contributed by atoms with van der Waals surface area (Å²) in [7, 11) is -3.03. The van der Waals surface area contributed by atoms with E-state index in [4.69, 9.17) is 0 Å². The van der Waals surface area contributed by atoms with E-state index in [1.807, 2.05) is 48.7 Å². The summed E-state index contributed by atoms with van der Waals surface area (Å²) in [5.74, 6) is 0.202. The first-order chi connectivity index (χ1) is 14.0. The summed E-state index contributed by atoms with van der Waals surface area (Å²) in [4.78, 5) is 14.7. The van der Waals surface area contributed by atoms with Crippen molar-refractivity contribution in [1.82, 2.24) is 10.2 Å². The SMILES string of the molecule is O=C1[C@H](Nc2ccc3c(c2)CS(=O)(=O)C3)CCN1c1ccc(-c2cn[nH]c2)cc1. The second kappa shape index (κ2) is 6.73. The van der Waals surface area contributed by atoms with Crippen LogP contribution in [0.1, 0.15) is 17.5 Å². The molecule has 2 N–H and O–H groups in total. The zero-order valence-electron chi connectivity index (χ0n) is 15.6. The van der Waals surface area contributed by atoms with E-state index in [0.717, 1.165) is 33.6 Å². The Hall–Kier alpha value is -3.13. The second-order valence-electron chi connectivity index (χ2n) is 7.53. The Morgan fingerprint density at radius 3 is 2.59 bits per heavy atom. The van der Waals surface area contributed by atoms with Gasteiger partial charge in [-0.25, -0.2) is 8.42 Å². The summed E-state index contributed by atoms with van der Waals surface area (Å²) < 4.78 is 23.6. The van der Waals surface area contributed by atoms with Crippen molar-refractivity contribution in [3.05, 3.63) is 66.0 Å². The highest BCUT2D eigenvalue weighted by Gasteiger charge is 2.33. The highest BCUT2D eigenvalue weighted by Crippen LogP contribution is 2.30. The lowest BCUT2D eigenvalue weighted by Gasteiger charge is -2.18. The zero-order chi connectivity index (χ0) is 20.0.